The van der Waals surface area contributed by atoms with Gasteiger partial charge in [-0.15, -0.1) is 0 Å². The van der Waals surface area contributed by atoms with E-state index < -0.39 is 17.5 Å². The van der Waals surface area contributed by atoms with Gasteiger partial charge in [0.15, 0.2) is 11.6 Å². The van der Waals surface area contributed by atoms with Gasteiger partial charge in [0, 0.05) is 22.4 Å². The van der Waals surface area contributed by atoms with E-state index >= 15 is 0 Å². The monoisotopic (exact) mass is 446 g/mol. The first kappa shape index (κ1) is 18.6. The zero-order valence-electron chi connectivity index (χ0n) is 13.0. The Kier molecular flexibility index (Phi) is 6.50. The van der Waals surface area contributed by atoms with Gasteiger partial charge in [0.05, 0.1) is 11.3 Å². The van der Waals surface area contributed by atoms with E-state index in [4.69, 9.17) is 5.11 Å². The van der Waals surface area contributed by atoms with Gasteiger partial charge in [-0.3, -0.25) is 4.79 Å². The van der Waals surface area contributed by atoms with Crippen molar-refractivity contribution in [3.63, 3.8) is 0 Å². The molecule has 0 aliphatic rings. The Morgan fingerprint density at radius 3 is 2.67 bits per heavy atom. The van der Waals surface area contributed by atoms with Crippen LogP contribution in [0.4, 0.5) is 20.2 Å². The summed E-state index contributed by atoms with van der Waals surface area (Å²) in [6.45, 7) is 2.02. The lowest BCUT2D eigenvalue weighted by Gasteiger charge is -2.15. The molecule has 1 amide bonds. The molecule has 0 saturated carbocycles. The Labute approximate surface area is 152 Å². The molecule has 0 spiro atoms. The summed E-state index contributed by atoms with van der Waals surface area (Å²) < 4.78 is 28.9. The molecule has 4 nitrogen and oxygen atoms in total. The molecular formula is C17H17F2IN2O2. The Morgan fingerprint density at radius 2 is 2.00 bits per heavy atom. The highest BCUT2D eigenvalue weighted by molar-refractivity contribution is 14.1. The molecule has 0 atom stereocenters. The molecule has 2 aromatic carbocycles. The van der Waals surface area contributed by atoms with Gasteiger partial charge in [0.1, 0.15) is 0 Å². The minimum Gasteiger partial charge on any atom is -0.396 e. The van der Waals surface area contributed by atoms with Crippen LogP contribution < -0.4 is 10.6 Å². The van der Waals surface area contributed by atoms with Crippen molar-refractivity contribution in [2.24, 2.45) is 0 Å². The summed E-state index contributed by atoms with van der Waals surface area (Å²) in [5.41, 5.74) is 1.23. The number of rotatable bonds is 6. The zero-order valence-corrected chi connectivity index (χ0v) is 15.2. The van der Waals surface area contributed by atoms with Crippen LogP contribution in [0, 0.1) is 22.1 Å². The molecule has 3 N–H and O–H groups in total. The number of carbonyl (C=O) groups is 1. The third-order valence-corrected chi connectivity index (χ3v) is 4.08. The molecule has 2 aromatic rings. The van der Waals surface area contributed by atoms with Crippen molar-refractivity contribution >= 4 is 39.9 Å². The molecule has 0 aliphatic heterocycles. The molecule has 0 aromatic heterocycles. The number of hydrogen-bond donors (Lipinski definition) is 3. The van der Waals surface area contributed by atoms with Gasteiger partial charge < -0.3 is 15.7 Å². The fraction of sp³-hybridized carbons (Fsp3) is 0.235. The van der Waals surface area contributed by atoms with Crippen LogP contribution >= 0.6 is 22.6 Å². The SMILES string of the molecule is Cc1cc(I)ccc1Nc1c(C(=O)NCCCO)ccc(F)c1F. The molecule has 0 bridgehead atoms. The van der Waals surface area contributed by atoms with Crippen molar-refractivity contribution in [3.05, 3.63) is 56.7 Å². The van der Waals surface area contributed by atoms with Crippen LogP contribution in [0.15, 0.2) is 30.3 Å². The molecule has 7 heteroatoms. The molecule has 24 heavy (non-hydrogen) atoms. The number of aryl methyl sites for hydroxylation is 1. The second-order valence-corrected chi connectivity index (χ2v) is 6.45. The van der Waals surface area contributed by atoms with E-state index in [1.165, 1.54) is 6.07 Å². The lowest BCUT2D eigenvalue weighted by atomic mass is 10.1. The Morgan fingerprint density at radius 1 is 1.25 bits per heavy atom. The highest BCUT2D eigenvalue weighted by Gasteiger charge is 2.19. The molecule has 0 saturated heterocycles. The third kappa shape index (κ3) is 4.41. The van der Waals surface area contributed by atoms with Crippen molar-refractivity contribution < 1.29 is 18.7 Å². The fourth-order valence-electron chi connectivity index (χ4n) is 2.14. The molecular weight excluding hydrogens is 429 g/mol. The summed E-state index contributed by atoms with van der Waals surface area (Å²) in [6.07, 6.45) is 0.383. The lowest BCUT2D eigenvalue weighted by Crippen LogP contribution is -2.26. The van der Waals surface area contributed by atoms with E-state index in [1.807, 2.05) is 19.1 Å². The summed E-state index contributed by atoms with van der Waals surface area (Å²) in [4.78, 5) is 12.2. The molecule has 0 aliphatic carbocycles. The third-order valence-electron chi connectivity index (χ3n) is 3.41. The van der Waals surface area contributed by atoms with Crippen molar-refractivity contribution in [2.75, 3.05) is 18.5 Å². The van der Waals surface area contributed by atoms with E-state index in [2.05, 4.69) is 33.2 Å². The minimum absolute atomic E-state index is 0.00443. The number of carbonyl (C=O) groups excluding carboxylic acids is 1. The van der Waals surface area contributed by atoms with Gasteiger partial charge in [0.2, 0.25) is 0 Å². The first-order chi connectivity index (χ1) is 11.4. The van der Waals surface area contributed by atoms with E-state index in [1.54, 1.807) is 6.07 Å². The van der Waals surface area contributed by atoms with E-state index in [0.29, 0.717) is 12.1 Å². The Hall–Kier alpha value is -1.74. The number of aliphatic hydroxyl groups excluding tert-OH is 1. The number of hydrogen-bond acceptors (Lipinski definition) is 3. The van der Waals surface area contributed by atoms with E-state index in [-0.39, 0.29) is 24.4 Å². The molecule has 0 heterocycles. The second kappa shape index (κ2) is 8.39. The molecule has 0 radical (unpaired) electrons. The quantitative estimate of drug-likeness (QED) is 0.468. The highest BCUT2D eigenvalue weighted by Crippen LogP contribution is 2.28. The highest BCUT2D eigenvalue weighted by atomic mass is 127. The summed E-state index contributed by atoms with van der Waals surface area (Å²) >= 11 is 2.15. The number of benzene rings is 2. The minimum atomic E-state index is -1.11. The predicted octanol–water partition coefficient (Wildman–Crippen LogP) is 3.73. The van der Waals surface area contributed by atoms with Crippen molar-refractivity contribution in [3.8, 4) is 0 Å². The molecule has 2 rings (SSSR count). The second-order valence-electron chi connectivity index (χ2n) is 5.20. The van der Waals surface area contributed by atoms with Crippen molar-refractivity contribution in [2.45, 2.75) is 13.3 Å². The number of halogens is 3. The van der Waals surface area contributed by atoms with Gasteiger partial charge in [-0.05, 0) is 71.8 Å². The van der Waals surface area contributed by atoms with Gasteiger partial charge in [-0.2, -0.15) is 0 Å². The summed E-state index contributed by atoms with van der Waals surface area (Å²) in [5, 5.41) is 14.1. The topological polar surface area (TPSA) is 61.4 Å². The molecule has 0 fully saturated rings. The van der Waals surface area contributed by atoms with Crippen LogP contribution in [0.5, 0.6) is 0 Å². The largest absolute Gasteiger partial charge is 0.396 e. The Bertz CT molecular complexity index is 754. The number of nitrogens with one attached hydrogen (secondary N) is 2. The summed E-state index contributed by atoms with van der Waals surface area (Å²) in [6, 6.07) is 7.61. The van der Waals surface area contributed by atoms with Crippen LogP contribution in [0.3, 0.4) is 0 Å². The zero-order chi connectivity index (χ0) is 17.7. The maximum absolute atomic E-state index is 14.2. The standard InChI is InChI=1S/C17H17F2IN2O2/c1-10-9-11(20)3-6-14(10)22-16-12(4-5-13(18)15(16)19)17(24)21-7-2-8-23/h3-6,9,22-23H,2,7-8H2,1H3,(H,21,24). The fourth-order valence-corrected chi connectivity index (χ4v) is 2.79. The van der Waals surface area contributed by atoms with Crippen LogP contribution in [0.25, 0.3) is 0 Å². The first-order valence-electron chi connectivity index (χ1n) is 7.34. The van der Waals surface area contributed by atoms with E-state index in [0.717, 1.165) is 15.2 Å². The molecule has 128 valence electrons. The van der Waals surface area contributed by atoms with E-state index in [9.17, 15) is 13.6 Å². The summed E-state index contributed by atoms with van der Waals surface area (Å²) in [5.74, 6) is -2.68. The van der Waals surface area contributed by atoms with Crippen LogP contribution in [-0.2, 0) is 0 Å². The number of aliphatic hydroxyl groups is 1. The van der Waals surface area contributed by atoms with Gasteiger partial charge in [-0.1, -0.05) is 0 Å². The van der Waals surface area contributed by atoms with Crippen molar-refractivity contribution in [1.82, 2.24) is 5.32 Å². The smallest absolute Gasteiger partial charge is 0.253 e. The summed E-state index contributed by atoms with van der Waals surface area (Å²) in [7, 11) is 0. The predicted molar refractivity (Wildman–Crippen MR) is 97.6 cm³/mol. The average Bonchev–Trinajstić information content (AvgIpc) is 2.54. The van der Waals surface area contributed by atoms with Gasteiger partial charge >= 0.3 is 0 Å². The first-order valence-corrected chi connectivity index (χ1v) is 8.42. The van der Waals surface area contributed by atoms with Crippen LogP contribution in [0.2, 0.25) is 0 Å². The Balaban J connectivity index is 2.36. The van der Waals surface area contributed by atoms with Crippen LogP contribution in [-0.4, -0.2) is 24.2 Å². The number of anilines is 2. The average molecular weight is 446 g/mol. The van der Waals surface area contributed by atoms with Gasteiger partial charge in [-0.25, -0.2) is 8.78 Å². The van der Waals surface area contributed by atoms with Crippen molar-refractivity contribution in [1.29, 1.82) is 0 Å². The maximum Gasteiger partial charge on any atom is 0.253 e. The lowest BCUT2D eigenvalue weighted by molar-refractivity contribution is 0.0951. The molecule has 0 unspecified atom stereocenters. The number of amides is 1. The normalized spacial score (nSPS) is 10.5. The van der Waals surface area contributed by atoms with Gasteiger partial charge in [0.25, 0.3) is 5.91 Å². The van der Waals surface area contributed by atoms with Crippen LogP contribution in [0.1, 0.15) is 22.3 Å². The maximum atomic E-state index is 14.2.